The first kappa shape index (κ1) is 21.0. The molecule has 0 saturated carbocycles. The van der Waals surface area contributed by atoms with Crippen molar-refractivity contribution in [3.63, 3.8) is 0 Å². The van der Waals surface area contributed by atoms with E-state index in [0.29, 0.717) is 6.54 Å². The van der Waals surface area contributed by atoms with Gasteiger partial charge in [0.25, 0.3) is 0 Å². The summed E-state index contributed by atoms with van der Waals surface area (Å²) in [4.78, 5) is 18.1. The topological polar surface area (TPSA) is 53.4 Å². The lowest BCUT2D eigenvalue weighted by molar-refractivity contribution is -0.144. The molecule has 2 heterocycles. The van der Waals surface area contributed by atoms with Gasteiger partial charge in [0.05, 0.1) is 5.69 Å². The Morgan fingerprint density at radius 1 is 1.06 bits per heavy atom. The van der Waals surface area contributed by atoms with E-state index < -0.39 is 5.97 Å². The highest BCUT2D eigenvalue weighted by Gasteiger charge is 2.28. The first-order chi connectivity index (χ1) is 15.1. The Bertz CT molecular complexity index is 1060. The Morgan fingerprint density at radius 2 is 1.90 bits per heavy atom. The Morgan fingerprint density at radius 3 is 2.65 bits per heavy atom. The van der Waals surface area contributed by atoms with E-state index in [1.807, 2.05) is 30.5 Å². The van der Waals surface area contributed by atoms with Crippen molar-refractivity contribution in [3.8, 4) is 11.1 Å². The maximum absolute atomic E-state index is 11.5. The minimum atomic E-state index is -0.722. The normalized spacial score (nSPS) is 17.1. The number of hydrogen-bond donors (Lipinski definition) is 1. The molecule has 1 fully saturated rings. The summed E-state index contributed by atoms with van der Waals surface area (Å²) < 4.78 is 0. The Hall–Kier alpha value is -3.24. The fraction of sp³-hybridized carbons (Fsp3) is 0.259. The number of aromatic nitrogens is 1. The molecule has 0 radical (unpaired) electrons. The van der Waals surface area contributed by atoms with Crippen LogP contribution in [0.1, 0.15) is 41.6 Å². The van der Waals surface area contributed by atoms with Crippen LogP contribution in [0.3, 0.4) is 0 Å². The van der Waals surface area contributed by atoms with Crippen molar-refractivity contribution in [2.75, 3.05) is 6.54 Å². The highest BCUT2D eigenvalue weighted by atomic mass is 16.4. The number of carboxylic acid groups (broad SMARTS) is 1. The second-order valence-corrected chi connectivity index (χ2v) is 8.13. The second-order valence-electron chi connectivity index (χ2n) is 8.13. The third-order valence-corrected chi connectivity index (χ3v) is 6.03. The first-order valence-corrected chi connectivity index (χ1v) is 10.9. The van der Waals surface area contributed by atoms with Gasteiger partial charge >= 0.3 is 5.97 Å². The number of pyridine rings is 1. The van der Waals surface area contributed by atoms with Gasteiger partial charge in [-0.1, -0.05) is 67.1 Å². The molecule has 0 spiro atoms. The van der Waals surface area contributed by atoms with E-state index in [2.05, 4.69) is 65.3 Å². The third-order valence-electron chi connectivity index (χ3n) is 6.03. The maximum Gasteiger partial charge on any atom is 0.320 e. The van der Waals surface area contributed by atoms with Crippen LogP contribution in [0, 0.1) is 6.92 Å². The van der Waals surface area contributed by atoms with Crippen molar-refractivity contribution < 1.29 is 9.90 Å². The first-order valence-electron chi connectivity index (χ1n) is 10.9. The van der Waals surface area contributed by atoms with Crippen molar-refractivity contribution in [2.45, 2.75) is 38.8 Å². The van der Waals surface area contributed by atoms with Crippen LogP contribution in [0.25, 0.3) is 23.3 Å². The predicted molar refractivity (Wildman–Crippen MR) is 125 cm³/mol. The van der Waals surface area contributed by atoms with Crippen LogP contribution in [0.15, 0.2) is 66.9 Å². The summed E-state index contributed by atoms with van der Waals surface area (Å²) in [6.07, 6.45) is 8.77. The summed E-state index contributed by atoms with van der Waals surface area (Å²) in [6, 6.07) is 20.4. The van der Waals surface area contributed by atoms with Gasteiger partial charge in [-0.2, -0.15) is 0 Å². The van der Waals surface area contributed by atoms with Gasteiger partial charge in [0, 0.05) is 12.7 Å². The van der Waals surface area contributed by atoms with Gasteiger partial charge in [-0.15, -0.1) is 0 Å². The second kappa shape index (κ2) is 9.71. The van der Waals surface area contributed by atoms with E-state index in [-0.39, 0.29) is 6.04 Å². The summed E-state index contributed by atoms with van der Waals surface area (Å²) in [6.45, 7) is 3.61. The molecule has 4 rings (SSSR count). The number of likely N-dealkylation sites (tertiary alicyclic amines) is 1. The molecule has 0 amide bonds. The number of benzene rings is 2. The third kappa shape index (κ3) is 5.09. The van der Waals surface area contributed by atoms with Crippen LogP contribution in [0.5, 0.6) is 0 Å². The molecule has 1 unspecified atom stereocenters. The summed E-state index contributed by atoms with van der Waals surface area (Å²) in [5.41, 5.74) is 6.81. The van der Waals surface area contributed by atoms with Crippen LogP contribution in [0.2, 0.25) is 0 Å². The van der Waals surface area contributed by atoms with Crippen LogP contribution >= 0.6 is 0 Å². The number of carbonyl (C=O) groups is 1. The zero-order valence-corrected chi connectivity index (χ0v) is 17.9. The van der Waals surface area contributed by atoms with Gasteiger partial charge in [-0.25, -0.2) is 0 Å². The molecule has 1 N–H and O–H groups in total. The number of rotatable bonds is 6. The van der Waals surface area contributed by atoms with E-state index in [1.165, 1.54) is 22.3 Å². The standard InChI is InChI=1S/C27H28N2O2/c1-20-22(10-7-11-25(20)23-8-3-2-4-9-23)14-16-24-15-13-21(18-28-24)19-29-17-6-5-12-26(29)27(30)31/h2-4,7-11,13-16,18,26H,5-6,12,17,19H2,1H3,(H,30,31). The molecule has 3 aromatic rings. The van der Waals surface area contributed by atoms with Crippen molar-refractivity contribution in [2.24, 2.45) is 0 Å². The summed E-state index contributed by atoms with van der Waals surface area (Å²) in [5, 5.41) is 9.46. The molecule has 0 aliphatic carbocycles. The molecule has 1 aliphatic heterocycles. The zero-order valence-electron chi connectivity index (χ0n) is 17.9. The van der Waals surface area contributed by atoms with Crippen molar-refractivity contribution in [1.82, 2.24) is 9.88 Å². The number of piperidine rings is 1. The summed E-state index contributed by atoms with van der Waals surface area (Å²) in [5.74, 6) is -0.722. The van der Waals surface area contributed by atoms with Crippen LogP contribution in [-0.4, -0.2) is 33.5 Å². The number of carboxylic acids is 1. The molecule has 2 aromatic carbocycles. The molecule has 1 saturated heterocycles. The summed E-state index contributed by atoms with van der Waals surface area (Å²) in [7, 11) is 0. The lowest BCUT2D eigenvalue weighted by Gasteiger charge is -2.32. The van der Waals surface area contributed by atoms with Crippen LogP contribution in [-0.2, 0) is 11.3 Å². The number of hydrogen-bond acceptors (Lipinski definition) is 3. The minimum absolute atomic E-state index is 0.381. The van der Waals surface area contributed by atoms with E-state index in [1.54, 1.807) is 0 Å². The Balaban J connectivity index is 1.46. The van der Waals surface area contributed by atoms with E-state index >= 15 is 0 Å². The van der Waals surface area contributed by atoms with Gasteiger partial charge in [0.15, 0.2) is 0 Å². The van der Waals surface area contributed by atoms with Crippen LogP contribution in [0.4, 0.5) is 0 Å². The minimum Gasteiger partial charge on any atom is -0.480 e. The van der Waals surface area contributed by atoms with Gasteiger partial charge in [-0.3, -0.25) is 14.7 Å². The molecule has 158 valence electrons. The van der Waals surface area contributed by atoms with Gasteiger partial charge in [0.1, 0.15) is 6.04 Å². The lowest BCUT2D eigenvalue weighted by Crippen LogP contribution is -2.44. The van der Waals surface area contributed by atoms with Crippen molar-refractivity contribution >= 4 is 18.1 Å². The Labute approximate surface area is 183 Å². The van der Waals surface area contributed by atoms with Gasteiger partial charge in [-0.05, 0) is 66.3 Å². The molecule has 4 heteroatoms. The van der Waals surface area contributed by atoms with E-state index in [9.17, 15) is 9.90 Å². The zero-order chi connectivity index (χ0) is 21.6. The van der Waals surface area contributed by atoms with Crippen molar-refractivity contribution in [3.05, 3.63) is 89.2 Å². The maximum atomic E-state index is 11.5. The molecular formula is C27H28N2O2. The fourth-order valence-electron chi connectivity index (χ4n) is 4.26. The van der Waals surface area contributed by atoms with Gasteiger partial charge in [0.2, 0.25) is 0 Å². The predicted octanol–water partition coefficient (Wildman–Crippen LogP) is 5.67. The lowest BCUT2D eigenvalue weighted by atomic mass is 9.96. The van der Waals surface area contributed by atoms with Crippen molar-refractivity contribution in [1.29, 1.82) is 0 Å². The van der Waals surface area contributed by atoms with E-state index in [4.69, 9.17) is 0 Å². The van der Waals surface area contributed by atoms with Gasteiger partial charge < -0.3 is 5.11 Å². The average molecular weight is 413 g/mol. The van der Waals surface area contributed by atoms with E-state index in [0.717, 1.165) is 37.1 Å². The summed E-state index contributed by atoms with van der Waals surface area (Å²) >= 11 is 0. The molecule has 4 nitrogen and oxygen atoms in total. The quantitative estimate of drug-likeness (QED) is 0.567. The molecule has 0 bridgehead atoms. The highest BCUT2D eigenvalue weighted by Crippen LogP contribution is 2.26. The number of aliphatic carboxylic acids is 1. The highest BCUT2D eigenvalue weighted by molar-refractivity contribution is 5.76. The molecule has 1 aromatic heterocycles. The smallest absolute Gasteiger partial charge is 0.320 e. The van der Waals surface area contributed by atoms with Crippen LogP contribution < -0.4 is 0 Å². The molecule has 1 atom stereocenters. The SMILES string of the molecule is Cc1c(C=Cc2ccc(CN3CCCCC3C(=O)O)cn2)cccc1-c1ccccc1. The molecule has 31 heavy (non-hydrogen) atoms. The molecule has 1 aliphatic rings. The average Bonchev–Trinajstić information content (AvgIpc) is 2.80. The monoisotopic (exact) mass is 412 g/mol. The number of nitrogens with zero attached hydrogens (tertiary/aromatic N) is 2. The largest absolute Gasteiger partial charge is 0.480 e. The molecular weight excluding hydrogens is 384 g/mol. The fourth-order valence-corrected chi connectivity index (χ4v) is 4.26. The Kier molecular flexibility index (Phi) is 6.58.